The van der Waals surface area contributed by atoms with Crippen LogP contribution < -0.4 is 10.5 Å². The Hall–Kier alpha value is -1.63. The van der Waals surface area contributed by atoms with Crippen LogP contribution in [0.5, 0.6) is 0 Å². The number of rotatable bonds is 5. The number of hydrogen-bond donors (Lipinski definition) is 2. The molecule has 2 rings (SSSR count). The first kappa shape index (κ1) is 16.7. The minimum Gasteiger partial charge on any atom is -0.322 e. The van der Waals surface area contributed by atoms with E-state index in [0.29, 0.717) is 0 Å². The fraction of sp³-hybridized carbons (Fsp3) is 0.250. The Labute approximate surface area is 133 Å². The number of nitrogens with two attached hydrogens (primary N) is 1. The third-order valence-corrected chi connectivity index (χ3v) is 4.13. The zero-order valence-electron chi connectivity index (χ0n) is 12.7. The van der Waals surface area contributed by atoms with Gasteiger partial charge in [0.2, 0.25) is 0 Å². The van der Waals surface area contributed by atoms with Gasteiger partial charge in [-0.2, -0.15) is 0 Å². The summed E-state index contributed by atoms with van der Waals surface area (Å²) in [5.74, 6) is 0. The van der Waals surface area contributed by atoms with E-state index < -0.39 is 22.0 Å². The molecule has 114 valence electrons. The fourth-order valence-corrected chi connectivity index (χ4v) is 2.92. The van der Waals surface area contributed by atoms with Crippen molar-refractivity contribution < 1.29 is 8.42 Å². The van der Waals surface area contributed by atoms with E-state index in [1.165, 1.54) is 0 Å². The van der Waals surface area contributed by atoms with Crippen LogP contribution in [0, 0.1) is 13.8 Å². The summed E-state index contributed by atoms with van der Waals surface area (Å²) in [6.45, 7) is 3.95. The predicted molar refractivity (Wildman–Crippen MR) is 89.8 cm³/mol. The van der Waals surface area contributed by atoms with E-state index in [9.17, 15) is 8.42 Å². The smallest absolute Gasteiger partial charge is 0.277 e. The molecule has 0 unspecified atom stereocenters. The molecule has 0 aliphatic carbocycles. The van der Waals surface area contributed by atoms with Crippen LogP contribution in [0.25, 0.3) is 0 Å². The van der Waals surface area contributed by atoms with E-state index in [1.807, 2.05) is 62.4 Å². The number of nitrogens with one attached hydrogen (secondary N) is 1. The third kappa shape index (κ3) is 4.43. The van der Waals surface area contributed by atoms with Gasteiger partial charge in [0.1, 0.15) is 9.87 Å². The van der Waals surface area contributed by atoms with Crippen molar-refractivity contribution in [1.82, 2.24) is 4.72 Å². The molecule has 2 atom stereocenters. The standard InChI is InChI=1S/C16H19BN2O2S/c1-11-3-7-13(8-4-11)15(18)16(19-22(17,20)21)14-9-5-12(2)6-10-14/h3-10,15-16,19H,18H2,1-2H3/t15-,16-/m0/s1. The maximum absolute atomic E-state index is 11.5. The van der Waals surface area contributed by atoms with E-state index in [1.54, 1.807) is 0 Å². The molecule has 22 heavy (non-hydrogen) atoms. The van der Waals surface area contributed by atoms with Crippen molar-refractivity contribution in [2.75, 3.05) is 0 Å². The molecule has 0 bridgehead atoms. The van der Waals surface area contributed by atoms with Crippen LogP contribution in [0.1, 0.15) is 34.3 Å². The second-order valence-electron chi connectivity index (χ2n) is 5.49. The van der Waals surface area contributed by atoms with Gasteiger partial charge < -0.3 is 5.73 Å². The zero-order valence-corrected chi connectivity index (χ0v) is 13.5. The van der Waals surface area contributed by atoms with Crippen molar-refractivity contribution in [2.45, 2.75) is 25.9 Å². The van der Waals surface area contributed by atoms with Gasteiger partial charge in [-0.25, -0.2) is 13.1 Å². The molecule has 0 aromatic heterocycles. The average molecular weight is 314 g/mol. The van der Waals surface area contributed by atoms with Crippen LogP contribution in [0.2, 0.25) is 0 Å². The molecular weight excluding hydrogens is 295 g/mol. The van der Waals surface area contributed by atoms with Crippen molar-refractivity contribution in [2.24, 2.45) is 5.73 Å². The van der Waals surface area contributed by atoms with Gasteiger partial charge in [0.15, 0.2) is 0 Å². The molecule has 2 radical (unpaired) electrons. The zero-order chi connectivity index (χ0) is 16.3. The lowest BCUT2D eigenvalue weighted by atomic mass is 9.94. The summed E-state index contributed by atoms with van der Waals surface area (Å²) in [6.07, 6.45) is 0. The predicted octanol–water partition coefficient (Wildman–Crippen LogP) is 2.05. The van der Waals surface area contributed by atoms with Crippen LogP contribution in [-0.2, 0) is 9.87 Å². The summed E-state index contributed by atoms with van der Waals surface area (Å²) in [4.78, 5) is 0. The molecule has 3 N–H and O–H groups in total. The first-order chi connectivity index (χ1) is 10.3. The first-order valence-electron chi connectivity index (χ1n) is 6.95. The summed E-state index contributed by atoms with van der Waals surface area (Å²) in [7, 11) is 1.28. The lowest BCUT2D eigenvalue weighted by Gasteiger charge is -2.25. The van der Waals surface area contributed by atoms with E-state index in [-0.39, 0.29) is 0 Å². The maximum Gasteiger partial charge on any atom is 0.277 e. The largest absolute Gasteiger partial charge is 0.322 e. The Morgan fingerprint density at radius 2 is 1.32 bits per heavy atom. The quantitative estimate of drug-likeness (QED) is 0.830. The topological polar surface area (TPSA) is 72.2 Å². The second-order valence-corrected chi connectivity index (χ2v) is 6.81. The molecule has 0 aliphatic rings. The van der Waals surface area contributed by atoms with Gasteiger partial charge in [0, 0.05) is 0 Å². The van der Waals surface area contributed by atoms with E-state index in [0.717, 1.165) is 22.3 Å². The molecule has 0 fully saturated rings. The summed E-state index contributed by atoms with van der Waals surface area (Å²) in [6, 6.07) is 14.0. The highest BCUT2D eigenvalue weighted by molar-refractivity contribution is 8.10. The molecule has 6 heteroatoms. The van der Waals surface area contributed by atoms with Gasteiger partial charge in [-0.3, -0.25) is 0 Å². The van der Waals surface area contributed by atoms with Gasteiger partial charge in [-0.15, -0.1) is 0 Å². The summed E-state index contributed by atoms with van der Waals surface area (Å²) >= 11 is 0. The Kier molecular flexibility index (Phi) is 5.06. The van der Waals surface area contributed by atoms with Crippen LogP contribution in [0.3, 0.4) is 0 Å². The van der Waals surface area contributed by atoms with Gasteiger partial charge in [0.25, 0.3) is 7.12 Å². The van der Waals surface area contributed by atoms with Crippen molar-refractivity contribution in [3.63, 3.8) is 0 Å². The number of hydrogen-bond acceptors (Lipinski definition) is 3. The molecule has 0 saturated carbocycles. The summed E-state index contributed by atoms with van der Waals surface area (Å²) < 4.78 is 25.4. The minimum atomic E-state index is -3.87. The molecule has 0 spiro atoms. The molecule has 4 nitrogen and oxygen atoms in total. The summed E-state index contributed by atoms with van der Waals surface area (Å²) in [5.41, 5.74) is 10.1. The van der Waals surface area contributed by atoms with Crippen molar-refractivity contribution in [3.05, 3.63) is 70.8 Å². The van der Waals surface area contributed by atoms with Crippen molar-refractivity contribution >= 4 is 17.0 Å². The third-order valence-electron chi connectivity index (χ3n) is 3.55. The van der Waals surface area contributed by atoms with Gasteiger partial charge in [0.05, 0.1) is 12.1 Å². The highest BCUT2D eigenvalue weighted by Crippen LogP contribution is 2.28. The van der Waals surface area contributed by atoms with Gasteiger partial charge in [-0.05, 0) is 25.0 Å². The second kappa shape index (κ2) is 6.65. The number of benzene rings is 2. The van der Waals surface area contributed by atoms with Crippen molar-refractivity contribution in [1.29, 1.82) is 0 Å². The molecule has 0 amide bonds. The first-order valence-corrected chi connectivity index (χ1v) is 8.49. The molecule has 2 aromatic rings. The Bertz CT molecular complexity index is 728. The molecule has 0 aliphatic heterocycles. The highest BCUT2D eigenvalue weighted by atomic mass is 32.2. The van der Waals surface area contributed by atoms with Gasteiger partial charge >= 0.3 is 0 Å². The molecule has 0 heterocycles. The lowest BCUT2D eigenvalue weighted by Crippen LogP contribution is -2.35. The van der Waals surface area contributed by atoms with E-state index in [4.69, 9.17) is 12.9 Å². The Morgan fingerprint density at radius 3 is 1.73 bits per heavy atom. The number of aryl methyl sites for hydroxylation is 2. The van der Waals surface area contributed by atoms with Crippen LogP contribution in [0.15, 0.2) is 48.5 Å². The fourth-order valence-electron chi connectivity index (χ4n) is 2.28. The molecule has 2 aromatic carbocycles. The summed E-state index contributed by atoms with van der Waals surface area (Å²) in [5, 5.41) is 0. The highest BCUT2D eigenvalue weighted by Gasteiger charge is 2.24. The van der Waals surface area contributed by atoms with E-state index in [2.05, 4.69) is 4.72 Å². The van der Waals surface area contributed by atoms with E-state index >= 15 is 0 Å². The molecular formula is C16H19BN2O2S. The SMILES string of the molecule is [B]S(=O)(=O)N[C@@H](c1ccc(C)cc1)[C@@H](N)c1ccc(C)cc1. The minimum absolute atomic E-state index is 0.540. The Morgan fingerprint density at radius 1 is 0.909 bits per heavy atom. The molecule has 0 saturated heterocycles. The van der Waals surface area contributed by atoms with Crippen LogP contribution >= 0.6 is 0 Å². The maximum atomic E-state index is 11.5. The van der Waals surface area contributed by atoms with Gasteiger partial charge in [-0.1, -0.05) is 59.7 Å². The van der Waals surface area contributed by atoms with Crippen LogP contribution in [0.4, 0.5) is 0 Å². The normalized spacial score (nSPS) is 14.5. The van der Waals surface area contributed by atoms with Crippen LogP contribution in [-0.4, -0.2) is 15.5 Å². The monoisotopic (exact) mass is 314 g/mol. The Balaban J connectivity index is 2.39. The average Bonchev–Trinajstić information content (AvgIpc) is 2.45. The lowest BCUT2D eigenvalue weighted by molar-refractivity contribution is 0.511. The van der Waals surface area contributed by atoms with Crippen molar-refractivity contribution in [3.8, 4) is 0 Å².